The molecule has 2 N–H and O–H groups in total. The summed E-state index contributed by atoms with van der Waals surface area (Å²) < 4.78 is 4.73. The summed E-state index contributed by atoms with van der Waals surface area (Å²) >= 11 is 1.17. The van der Waals surface area contributed by atoms with Crippen molar-refractivity contribution in [2.24, 2.45) is 0 Å². The van der Waals surface area contributed by atoms with Crippen molar-refractivity contribution in [1.29, 1.82) is 0 Å². The van der Waals surface area contributed by atoms with E-state index in [1.807, 2.05) is 44.2 Å². The van der Waals surface area contributed by atoms with Crippen LogP contribution in [0.25, 0.3) is 0 Å². The van der Waals surface area contributed by atoms with Crippen molar-refractivity contribution in [3.63, 3.8) is 0 Å². The number of carbonyl (C=O) groups excluding carboxylic acids is 4. The van der Waals surface area contributed by atoms with Crippen LogP contribution in [-0.4, -0.2) is 46.9 Å². The Kier molecular flexibility index (Phi) is 6.46. The van der Waals surface area contributed by atoms with Crippen LogP contribution >= 0.6 is 11.3 Å². The van der Waals surface area contributed by atoms with Crippen LogP contribution in [-0.2, 0) is 20.9 Å². The van der Waals surface area contributed by atoms with Gasteiger partial charge in [-0.05, 0) is 11.5 Å². The molecule has 1 atom stereocenters. The smallest absolute Gasteiger partial charge is 0.357 e. The summed E-state index contributed by atoms with van der Waals surface area (Å²) in [5.41, 5.74) is 0.970. The van der Waals surface area contributed by atoms with E-state index < -0.39 is 29.9 Å². The summed E-state index contributed by atoms with van der Waals surface area (Å²) in [7, 11) is 1.26. The number of rotatable bonds is 7. The Morgan fingerprint density at radius 3 is 2.60 bits per heavy atom. The van der Waals surface area contributed by atoms with Gasteiger partial charge in [0.05, 0.1) is 20.1 Å². The number of carbonyl (C=O) groups is 4. The third-order valence-electron chi connectivity index (χ3n) is 4.48. The normalized spacial score (nSPS) is 16.0. The summed E-state index contributed by atoms with van der Waals surface area (Å²) in [6.45, 7) is 3.94. The average Bonchev–Trinajstić information content (AvgIpc) is 3.25. The molecule has 2 heterocycles. The second kappa shape index (κ2) is 9.04. The molecule has 1 aromatic heterocycles. The molecule has 2 aromatic rings. The number of esters is 1. The van der Waals surface area contributed by atoms with Crippen LogP contribution in [0.5, 0.6) is 0 Å². The molecule has 9 nitrogen and oxygen atoms in total. The summed E-state index contributed by atoms with van der Waals surface area (Å²) in [5, 5.41) is 5.38. The van der Waals surface area contributed by atoms with Gasteiger partial charge in [-0.25, -0.2) is 14.6 Å². The number of hydrogen-bond acceptors (Lipinski definition) is 7. The maximum absolute atomic E-state index is 12.6. The molecular weight excluding hydrogens is 408 g/mol. The van der Waals surface area contributed by atoms with Crippen molar-refractivity contribution >= 4 is 40.3 Å². The minimum atomic E-state index is -0.953. The molecule has 158 valence electrons. The lowest BCUT2D eigenvalue weighted by molar-refractivity contribution is -0.130. The largest absolute Gasteiger partial charge is 0.464 e. The fourth-order valence-corrected chi connectivity index (χ4v) is 3.98. The van der Waals surface area contributed by atoms with E-state index >= 15 is 0 Å². The van der Waals surface area contributed by atoms with Crippen LogP contribution in [0.15, 0.2) is 30.3 Å². The van der Waals surface area contributed by atoms with Gasteiger partial charge in [-0.15, -0.1) is 11.3 Å². The molecule has 1 aromatic carbocycles. The SMILES string of the molecule is COC(=O)c1nc(NC(=O)CC2NC(=O)N(Cc3ccccc3)C2=O)sc1C(C)C. The Hall–Kier alpha value is -3.27. The van der Waals surface area contributed by atoms with Crippen LogP contribution in [0.2, 0.25) is 0 Å². The number of aromatic nitrogens is 1. The highest BCUT2D eigenvalue weighted by Crippen LogP contribution is 2.30. The van der Waals surface area contributed by atoms with E-state index in [2.05, 4.69) is 15.6 Å². The van der Waals surface area contributed by atoms with E-state index in [-0.39, 0.29) is 29.7 Å². The second-order valence-corrected chi connectivity index (χ2v) is 8.07. The fourth-order valence-electron chi connectivity index (χ4n) is 3.01. The Bertz CT molecular complexity index is 973. The van der Waals surface area contributed by atoms with Crippen molar-refractivity contribution < 1.29 is 23.9 Å². The number of amides is 4. The highest BCUT2D eigenvalue weighted by atomic mass is 32.1. The number of imide groups is 1. The lowest BCUT2D eigenvalue weighted by Crippen LogP contribution is -2.34. The number of hydrogen-bond donors (Lipinski definition) is 2. The van der Waals surface area contributed by atoms with Crippen molar-refractivity contribution in [2.45, 2.75) is 38.8 Å². The number of thiazole rings is 1. The average molecular weight is 430 g/mol. The number of benzene rings is 1. The van der Waals surface area contributed by atoms with Crippen molar-refractivity contribution in [3.8, 4) is 0 Å². The zero-order valence-corrected chi connectivity index (χ0v) is 17.6. The van der Waals surface area contributed by atoms with Crippen molar-refractivity contribution in [3.05, 3.63) is 46.5 Å². The predicted octanol–water partition coefficient (Wildman–Crippen LogP) is 2.50. The predicted molar refractivity (Wildman–Crippen MR) is 110 cm³/mol. The number of nitrogens with zero attached hydrogens (tertiary/aromatic N) is 2. The third kappa shape index (κ3) is 4.65. The van der Waals surface area contributed by atoms with E-state index in [1.54, 1.807) is 0 Å². The van der Waals surface area contributed by atoms with Crippen LogP contribution in [0.4, 0.5) is 9.93 Å². The number of nitrogens with one attached hydrogen (secondary N) is 2. The van der Waals surface area contributed by atoms with Crippen LogP contribution in [0, 0.1) is 0 Å². The molecule has 1 aliphatic heterocycles. The second-order valence-electron chi connectivity index (χ2n) is 7.04. The monoisotopic (exact) mass is 430 g/mol. The van der Waals surface area contributed by atoms with Crippen molar-refractivity contribution in [1.82, 2.24) is 15.2 Å². The first-order chi connectivity index (χ1) is 14.3. The van der Waals surface area contributed by atoms with Gasteiger partial charge in [0, 0.05) is 4.88 Å². The van der Waals surface area contributed by atoms with E-state index in [0.717, 1.165) is 10.5 Å². The molecule has 0 radical (unpaired) electrons. The molecule has 0 aliphatic carbocycles. The Balaban J connectivity index is 1.64. The lowest BCUT2D eigenvalue weighted by Gasteiger charge is -2.12. The lowest BCUT2D eigenvalue weighted by atomic mass is 10.1. The highest BCUT2D eigenvalue weighted by Gasteiger charge is 2.39. The molecule has 30 heavy (non-hydrogen) atoms. The van der Waals surface area contributed by atoms with Crippen LogP contribution in [0.3, 0.4) is 0 Å². The van der Waals surface area contributed by atoms with E-state index in [0.29, 0.717) is 4.88 Å². The molecule has 4 amide bonds. The van der Waals surface area contributed by atoms with Gasteiger partial charge in [0.15, 0.2) is 10.8 Å². The molecule has 1 fully saturated rings. The maximum Gasteiger partial charge on any atom is 0.357 e. The number of urea groups is 1. The van der Waals surface area contributed by atoms with Gasteiger partial charge in [0.25, 0.3) is 5.91 Å². The van der Waals surface area contributed by atoms with E-state index in [9.17, 15) is 19.2 Å². The zero-order chi connectivity index (χ0) is 21.8. The van der Waals surface area contributed by atoms with Gasteiger partial charge < -0.3 is 15.4 Å². The van der Waals surface area contributed by atoms with Gasteiger partial charge in [0.1, 0.15) is 6.04 Å². The maximum atomic E-state index is 12.6. The topological polar surface area (TPSA) is 118 Å². The van der Waals surface area contributed by atoms with Crippen LogP contribution in [0.1, 0.15) is 47.1 Å². The molecule has 1 aliphatic rings. The minimum Gasteiger partial charge on any atom is -0.464 e. The molecule has 0 saturated carbocycles. The van der Waals surface area contributed by atoms with Gasteiger partial charge in [-0.2, -0.15) is 0 Å². The number of methoxy groups -OCH3 is 1. The molecular formula is C20H22N4O5S. The van der Waals surface area contributed by atoms with E-state index in [1.165, 1.54) is 18.4 Å². The first kappa shape index (κ1) is 21.4. The zero-order valence-electron chi connectivity index (χ0n) is 16.8. The van der Waals surface area contributed by atoms with E-state index in [4.69, 9.17) is 4.74 Å². The molecule has 0 spiro atoms. The Labute approximate surface area is 177 Å². The Morgan fingerprint density at radius 2 is 1.97 bits per heavy atom. The van der Waals surface area contributed by atoms with Crippen molar-refractivity contribution in [2.75, 3.05) is 12.4 Å². The molecule has 3 rings (SSSR count). The van der Waals surface area contributed by atoms with Crippen LogP contribution < -0.4 is 10.6 Å². The van der Waals surface area contributed by atoms with Gasteiger partial charge in [-0.1, -0.05) is 44.2 Å². The summed E-state index contributed by atoms with van der Waals surface area (Å²) in [5.74, 6) is -1.51. The first-order valence-corrected chi connectivity index (χ1v) is 10.2. The molecule has 10 heteroatoms. The quantitative estimate of drug-likeness (QED) is 0.515. The number of anilines is 1. The molecule has 1 unspecified atom stereocenters. The third-order valence-corrected chi connectivity index (χ3v) is 5.75. The fraction of sp³-hybridized carbons (Fsp3) is 0.350. The minimum absolute atomic E-state index is 0.0181. The molecule has 1 saturated heterocycles. The summed E-state index contributed by atoms with van der Waals surface area (Å²) in [6.07, 6.45) is -0.236. The van der Waals surface area contributed by atoms with Gasteiger partial charge in [-0.3, -0.25) is 14.5 Å². The highest BCUT2D eigenvalue weighted by molar-refractivity contribution is 7.16. The summed E-state index contributed by atoms with van der Waals surface area (Å²) in [4.78, 5) is 55.0. The summed E-state index contributed by atoms with van der Waals surface area (Å²) in [6, 6.07) is 7.62. The Morgan fingerprint density at radius 1 is 1.27 bits per heavy atom. The number of ether oxygens (including phenoxy) is 1. The first-order valence-electron chi connectivity index (χ1n) is 9.34. The van der Waals surface area contributed by atoms with Gasteiger partial charge >= 0.3 is 12.0 Å². The van der Waals surface area contributed by atoms with Gasteiger partial charge in [0.2, 0.25) is 5.91 Å². The molecule has 0 bridgehead atoms. The standard InChI is InChI=1S/C20H22N4O5S/c1-11(2)16-15(18(27)29-3)23-19(30-16)22-14(25)9-13-17(26)24(20(28)21-13)10-12-7-5-4-6-8-12/h4-8,11,13H,9-10H2,1-3H3,(H,21,28)(H,22,23,25).